The van der Waals surface area contributed by atoms with Crippen LogP contribution in [0.4, 0.5) is 20.7 Å². The lowest BCUT2D eigenvalue weighted by molar-refractivity contribution is -0.139. The van der Waals surface area contributed by atoms with Crippen LogP contribution in [0.15, 0.2) is 60.0 Å². The summed E-state index contributed by atoms with van der Waals surface area (Å²) in [4.78, 5) is 29.1. The van der Waals surface area contributed by atoms with Crippen molar-refractivity contribution in [3.8, 4) is 22.5 Å². The molecule has 0 saturated heterocycles. The number of sulfonamides is 2. The zero-order valence-electron chi connectivity index (χ0n) is 31.8. The number of rotatable bonds is 16. The Morgan fingerprint density at radius 3 is 1.57 bits per heavy atom. The van der Waals surface area contributed by atoms with E-state index in [2.05, 4.69) is 19.9 Å². The Bertz CT molecular complexity index is 2340. The van der Waals surface area contributed by atoms with Crippen molar-refractivity contribution < 1.29 is 45.7 Å². The average Bonchev–Trinajstić information content (AvgIpc) is 3.11. The van der Waals surface area contributed by atoms with E-state index in [9.17, 15) is 40.6 Å². The van der Waals surface area contributed by atoms with E-state index in [1.54, 1.807) is 27.7 Å². The second-order valence-corrected chi connectivity index (χ2v) is 17.5. The van der Waals surface area contributed by atoms with Crippen molar-refractivity contribution in [1.29, 1.82) is 0 Å². The molecule has 0 bridgehead atoms. The molecule has 0 fully saturated rings. The van der Waals surface area contributed by atoms with E-state index in [4.69, 9.17) is 5.11 Å². The lowest BCUT2D eigenvalue weighted by Crippen LogP contribution is -2.28. The van der Waals surface area contributed by atoms with Gasteiger partial charge in [0.25, 0.3) is 10.0 Å². The van der Waals surface area contributed by atoms with Crippen LogP contribution in [0.1, 0.15) is 74.9 Å². The lowest BCUT2D eigenvalue weighted by Gasteiger charge is -2.22. The van der Waals surface area contributed by atoms with E-state index in [1.807, 2.05) is 0 Å². The lowest BCUT2D eigenvalue weighted by atomic mass is 9.97. The first-order valence-corrected chi connectivity index (χ1v) is 20.7. The standard InChI is InChI=1S/C38H44F2N6O8S2/c1-22(2)33-30(17-16-28(47)20-29(48)21-32(49)50)35(24-8-12-26(39)13-9-24)44-38(42-33)46(6)56(53,54)19-18-31-34(23(3)4)41-37(45(5)55(7,51)52)43-36(31)25-10-14-27(40)15-11-25/h8-19,22-23,28-29,47-48H,20-21H2,1-7H3,(H,49,50)/b17-16+,19-18+/t28-,29-/m1/s1. The molecule has 300 valence electrons. The highest BCUT2D eigenvalue weighted by Gasteiger charge is 2.26. The largest absolute Gasteiger partial charge is 0.481 e. The predicted molar refractivity (Wildman–Crippen MR) is 211 cm³/mol. The first-order valence-electron chi connectivity index (χ1n) is 17.3. The van der Waals surface area contributed by atoms with E-state index >= 15 is 0 Å². The van der Waals surface area contributed by atoms with E-state index in [0.717, 1.165) is 20.3 Å². The molecule has 2 aromatic heterocycles. The Morgan fingerprint density at radius 1 is 0.732 bits per heavy atom. The Labute approximate surface area is 325 Å². The number of hydrogen-bond acceptors (Lipinski definition) is 11. The summed E-state index contributed by atoms with van der Waals surface area (Å²) in [7, 11) is -5.69. The van der Waals surface area contributed by atoms with Gasteiger partial charge in [-0.2, -0.15) is 0 Å². The maximum Gasteiger partial charge on any atom is 0.305 e. The normalized spacial score (nSPS) is 13.5. The van der Waals surface area contributed by atoms with Crippen LogP contribution in [0.25, 0.3) is 34.7 Å². The topological polar surface area (TPSA) is 204 Å². The van der Waals surface area contributed by atoms with Crippen LogP contribution in [-0.4, -0.2) is 90.6 Å². The SMILES string of the molecule is CC(C)c1nc(N(C)S(C)(=O)=O)nc(-c2ccc(F)cc2)c1/C=C/S(=O)(=O)N(C)c1nc(-c2ccc(F)cc2)c(/C=C/[C@@H](O)C[C@@H](O)CC(=O)O)c(C(C)C)n1. The zero-order valence-corrected chi connectivity index (χ0v) is 33.4. The molecule has 4 rings (SSSR count). The fraction of sp³-hybridized carbons (Fsp3) is 0.342. The minimum absolute atomic E-state index is 0.147. The number of halogens is 2. The third kappa shape index (κ3) is 10.8. The van der Waals surface area contributed by atoms with Crippen LogP contribution in [0.3, 0.4) is 0 Å². The minimum atomic E-state index is -4.41. The summed E-state index contributed by atoms with van der Waals surface area (Å²) < 4.78 is 82.7. The van der Waals surface area contributed by atoms with Gasteiger partial charge in [-0.1, -0.05) is 39.8 Å². The smallest absolute Gasteiger partial charge is 0.305 e. The monoisotopic (exact) mass is 814 g/mol. The Kier molecular flexibility index (Phi) is 13.8. The van der Waals surface area contributed by atoms with Crippen LogP contribution in [0.5, 0.6) is 0 Å². The van der Waals surface area contributed by atoms with Crippen molar-refractivity contribution in [1.82, 2.24) is 19.9 Å². The van der Waals surface area contributed by atoms with Gasteiger partial charge in [0, 0.05) is 42.8 Å². The van der Waals surface area contributed by atoms with Gasteiger partial charge < -0.3 is 15.3 Å². The molecule has 3 N–H and O–H groups in total. The van der Waals surface area contributed by atoms with Crippen LogP contribution in [-0.2, 0) is 24.8 Å². The van der Waals surface area contributed by atoms with Crippen LogP contribution in [0, 0.1) is 11.6 Å². The molecule has 14 nitrogen and oxygen atoms in total. The molecule has 2 atom stereocenters. The number of aliphatic hydroxyl groups excluding tert-OH is 2. The van der Waals surface area contributed by atoms with E-state index in [1.165, 1.54) is 80.9 Å². The van der Waals surface area contributed by atoms with Crippen molar-refractivity contribution >= 4 is 50.1 Å². The van der Waals surface area contributed by atoms with Gasteiger partial charge in [0.05, 0.1) is 53.1 Å². The maximum atomic E-state index is 14.1. The zero-order chi connectivity index (χ0) is 41.7. The van der Waals surface area contributed by atoms with Gasteiger partial charge >= 0.3 is 5.97 Å². The Hall–Kier alpha value is -5.17. The molecular weight excluding hydrogens is 771 g/mol. The number of hydrogen-bond donors (Lipinski definition) is 3. The molecule has 4 aromatic rings. The molecule has 0 aliphatic heterocycles. The van der Waals surface area contributed by atoms with Gasteiger partial charge in [-0.3, -0.25) is 4.79 Å². The van der Waals surface area contributed by atoms with Crippen molar-refractivity contribution in [2.24, 2.45) is 0 Å². The average molecular weight is 815 g/mol. The summed E-state index contributed by atoms with van der Waals surface area (Å²) in [6, 6.07) is 10.5. The van der Waals surface area contributed by atoms with Crippen molar-refractivity contribution in [3.05, 3.63) is 94.2 Å². The fourth-order valence-electron chi connectivity index (χ4n) is 5.45. The van der Waals surface area contributed by atoms with E-state index < -0.39 is 56.3 Å². The van der Waals surface area contributed by atoms with Gasteiger partial charge in [-0.25, -0.2) is 54.2 Å². The third-order valence-electron chi connectivity index (χ3n) is 8.51. The van der Waals surface area contributed by atoms with E-state index in [-0.39, 0.29) is 47.1 Å². The highest BCUT2D eigenvalue weighted by atomic mass is 32.2. The number of benzene rings is 2. The minimum Gasteiger partial charge on any atom is -0.481 e. The Balaban J connectivity index is 1.87. The van der Waals surface area contributed by atoms with Crippen molar-refractivity contribution in [3.63, 3.8) is 0 Å². The third-order valence-corrected chi connectivity index (χ3v) is 11.1. The van der Waals surface area contributed by atoms with Crippen LogP contribution < -0.4 is 8.61 Å². The molecule has 0 unspecified atom stereocenters. The maximum absolute atomic E-state index is 14.1. The van der Waals surface area contributed by atoms with Gasteiger partial charge in [-0.05, 0) is 66.4 Å². The Morgan fingerprint density at radius 2 is 1.16 bits per heavy atom. The number of carboxylic acids is 1. The first-order chi connectivity index (χ1) is 26.1. The van der Waals surface area contributed by atoms with Crippen molar-refractivity contribution in [2.75, 3.05) is 29.0 Å². The molecule has 0 saturated carbocycles. The quantitative estimate of drug-likeness (QED) is 0.127. The molecule has 0 radical (unpaired) electrons. The highest BCUT2D eigenvalue weighted by molar-refractivity contribution is 7.95. The highest BCUT2D eigenvalue weighted by Crippen LogP contribution is 2.34. The van der Waals surface area contributed by atoms with Gasteiger partial charge in [0.1, 0.15) is 11.6 Å². The second-order valence-electron chi connectivity index (χ2n) is 13.6. The first kappa shape index (κ1) is 43.6. The molecule has 0 amide bonds. The molecule has 18 heteroatoms. The molecule has 2 aromatic carbocycles. The molecule has 0 aliphatic rings. The molecule has 0 aliphatic carbocycles. The molecular formula is C38H44F2N6O8S2. The number of aromatic nitrogens is 4. The van der Waals surface area contributed by atoms with Gasteiger partial charge in [0.15, 0.2) is 0 Å². The molecule has 0 spiro atoms. The number of anilines is 2. The number of aliphatic hydroxyl groups is 2. The van der Waals surface area contributed by atoms with Crippen LogP contribution >= 0.6 is 0 Å². The predicted octanol–water partition coefficient (Wildman–Crippen LogP) is 5.56. The van der Waals surface area contributed by atoms with E-state index in [0.29, 0.717) is 28.1 Å². The summed E-state index contributed by atoms with van der Waals surface area (Å²) in [5.74, 6) is -3.43. The van der Waals surface area contributed by atoms with Crippen molar-refractivity contribution in [2.45, 2.75) is 64.6 Å². The fourth-order valence-corrected chi connectivity index (χ4v) is 6.63. The molecule has 2 heterocycles. The van der Waals surface area contributed by atoms with Crippen LogP contribution in [0.2, 0.25) is 0 Å². The summed E-state index contributed by atoms with van der Waals surface area (Å²) in [6.45, 7) is 7.16. The summed E-state index contributed by atoms with van der Waals surface area (Å²) in [5.41, 5.74) is 2.36. The number of nitrogens with zero attached hydrogens (tertiary/aromatic N) is 6. The van der Waals surface area contributed by atoms with Gasteiger partial charge in [-0.15, -0.1) is 0 Å². The number of carbonyl (C=O) groups is 1. The van der Waals surface area contributed by atoms with Gasteiger partial charge in [0.2, 0.25) is 21.9 Å². The second kappa shape index (κ2) is 17.7. The summed E-state index contributed by atoms with van der Waals surface area (Å²) in [5, 5.41) is 30.5. The number of carboxylic acid groups (broad SMARTS) is 1. The summed E-state index contributed by atoms with van der Waals surface area (Å²) in [6.07, 6.45) is 1.64. The molecule has 56 heavy (non-hydrogen) atoms. The number of aliphatic carboxylic acids is 1. The summed E-state index contributed by atoms with van der Waals surface area (Å²) >= 11 is 0.